The molecule has 0 radical (unpaired) electrons. The second kappa shape index (κ2) is 5.49. The van der Waals surface area contributed by atoms with Crippen LogP contribution in [0.5, 0.6) is 0 Å². The van der Waals surface area contributed by atoms with Gasteiger partial charge in [0.25, 0.3) is 11.5 Å². The minimum Gasteiger partial charge on any atom is -0.480 e. The minimum atomic E-state index is -5.29. The van der Waals surface area contributed by atoms with E-state index in [2.05, 4.69) is 0 Å². The Labute approximate surface area is 112 Å². The highest BCUT2D eigenvalue weighted by molar-refractivity contribution is 5.90. The largest absolute Gasteiger partial charge is 0.480 e. The van der Waals surface area contributed by atoms with Crippen molar-refractivity contribution in [2.24, 2.45) is 0 Å². The van der Waals surface area contributed by atoms with Gasteiger partial charge in [0.05, 0.1) is 0 Å². The second-order valence-electron chi connectivity index (χ2n) is 4.11. The van der Waals surface area contributed by atoms with Crippen molar-refractivity contribution in [1.29, 1.82) is 0 Å². The SMILES string of the molecule is C[C@@H](NC(=O)C(O)(c1ccccc1)C(F)(F)F)C(=O)O. The molecule has 8 heteroatoms. The zero-order valence-electron chi connectivity index (χ0n) is 10.3. The van der Waals surface area contributed by atoms with Gasteiger partial charge >= 0.3 is 12.1 Å². The molecule has 0 spiro atoms. The first-order chi connectivity index (χ1) is 9.10. The van der Waals surface area contributed by atoms with Crippen LogP contribution in [0.4, 0.5) is 13.2 Å². The van der Waals surface area contributed by atoms with Gasteiger partial charge in [-0.15, -0.1) is 0 Å². The summed E-state index contributed by atoms with van der Waals surface area (Å²) in [6, 6.07) is 4.15. The van der Waals surface area contributed by atoms with Crippen molar-refractivity contribution in [3.8, 4) is 0 Å². The lowest BCUT2D eigenvalue weighted by Crippen LogP contribution is -2.57. The molecule has 1 aromatic rings. The lowest BCUT2D eigenvalue weighted by atomic mass is 9.92. The number of nitrogens with one attached hydrogen (secondary N) is 1. The Hall–Kier alpha value is -2.09. The predicted molar refractivity (Wildman–Crippen MR) is 61.6 cm³/mol. The Kier molecular flexibility index (Phi) is 4.39. The van der Waals surface area contributed by atoms with Crippen LogP contribution in [0.1, 0.15) is 12.5 Å². The molecule has 1 rings (SSSR count). The molecule has 0 saturated carbocycles. The number of benzene rings is 1. The van der Waals surface area contributed by atoms with E-state index < -0.39 is 35.3 Å². The fraction of sp³-hybridized carbons (Fsp3) is 0.333. The molecule has 2 atom stereocenters. The highest BCUT2D eigenvalue weighted by Crippen LogP contribution is 2.39. The topological polar surface area (TPSA) is 86.6 Å². The summed E-state index contributed by atoms with van der Waals surface area (Å²) in [7, 11) is 0. The van der Waals surface area contributed by atoms with Gasteiger partial charge in [-0.1, -0.05) is 30.3 Å². The van der Waals surface area contributed by atoms with Crippen molar-refractivity contribution in [1.82, 2.24) is 5.32 Å². The van der Waals surface area contributed by atoms with Crippen LogP contribution in [0.15, 0.2) is 30.3 Å². The van der Waals surface area contributed by atoms with Crippen molar-refractivity contribution < 1.29 is 33.0 Å². The molecule has 1 amide bonds. The van der Waals surface area contributed by atoms with Crippen molar-refractivity contribution in [2.75, 3.05) is 0 Å². The number of aliphatic hydroxyl groups is 1. The van der Waals surface area contributed by atoms with E-state index in [4.69, 9.17) is 5.11 Å². The average molecular weight is 291 g/mol. The van der Waals surface area contributed by atoms with Gasteiger partial charge in [-0.3, -0.25) is 9.59 Å². The number of carboxylic acids is 1. The maximum atomic E-state index is 13.0. The molecule has 1 unspecified atom stereocenters. The van der Waals surface area contributed by atoms with Crippen LogP contribution in [0.2, 0.25) is 0 Å². The van der Waals surface area contributed by atoms with E-state index in [-0.39, 0.29) is 0 Å². The quantitative estimate of drug-likeness (QED) is 0.773. The molecule has 110 valence electrons. The molecule has 0 saturated heterocycles. The summed E-state index contributed by atoms with van der Waals surface area (Å²) in [6.07, 6.45) is -5.29. The Morgan fingerprint density at radius 2 is 1.70 bits per heavy atom. The summed E-state index contributed by atoms with van der Waals surface area (Å²) in [6.45, 7) is 0.988. The molecule has 0 bridgehead atoms. The van der Waals surface area contributed by atoms with Crippen LogP contribution in [-0.2, 0) is 15.2 Å². The van der Waals surface area contributed by atoms with E-state index in [1.54, 1.807) is 5.32 Å². The van der Waals surface area contributed by atoms with Gasteiger partial charge in [-0.25, -0.2) is 0 Å². The van der Waals surface area contributed by atoms with E-state index in [1.807, 2.05) is 0 Å². The summed E-state index contributed by atoms with van der Waals surface area (Å²) in [5.41, 5.74) is -4.50. The van der Waals surface area contributed by atoms with Crippen molar-refractivity contribution in [3.63, 3.8) is 0 Å². The number of hydrogen-bond acceptors (Lipinski definition) is 3. The van der Waals surface area contributed by atoms with Crippen molar-refractivity contribution in [2.45, 2.75) is 24.7 Å². The molecular weight excluding hydrogens is 279 g/mol. The van der Waals surface area contributed by atoms with E-state index in [0.29, 0.717) is 0 Å². The van der Waals surface area contributed by atoms with Crippen LogP contribution in [0.3, 0.4) is 0 Å². The molecule has 0 fully saturated rings. The van der Waals surface area contributed by atoms with Crippen LogP contribution >= 0.6 is 0 Å². The molecule has 0 aliphatic rings. The smallest absolute Gasteiger partial charge is 0.430 e. The standard InChI is InChI=1S/C12H12F3NO4/c1-7(9(17)18)16-10(19)11(20,12(13,14)15)8-5-3-2-4-6-8/h2-7,20H,1H3,(H,16,19)(H,17,18)/t7-,11?/m1/s1. The van der Waals surface area contributed by atoms with Gasteiger partial charge in [-0.2, -0.15) is 13.2 Å². The third-order valence-corrected chi connectivity index (χ3v) is 2.65. The number of amides is 1. The molecular formula is C12H12F3NO4. The van der Waals surface area contributed by atoms with Crippen molar-refractivity contribution in [3.05, 3.63) is 35.9 Å². The van der Waals surface area contributed by atoms with Gasteiger partial charge in [0.1, 0.15) is 6.04 Å². The molecule has 0 aliphatic carbocycles. The summed E-state index contributed by atoms with van der Waals surface area (Å²) < 4.78 is 39.1. The summed E-state index contributed by atoms with van der Waals surface area (Å²) in [5.74, 6) is -3.36. The maximum absolute atomic E-state index is 13.0. The third kappa shape index (κ3) is 2.90. The van der Waals surface area contributed by atoms with Gasteiger partial charge in [0.2, 0.25) is 0 Å². The summed E-state index contributed by atoms with van der Waals surface area (Å²) >= 11 is 0. The molecule has 20 heavy (non-hydrogen) atoms. The Bertz CT molecular complexity index is 503. The number of hydrogen-bond donors (Lipinski definition) is 3. The summed E-state index contributed by atoms with van der Waals surface area (Å²) in [4.78, 5) is 22.3. The predicted octanol–water partition coefficient (Wildman–Crippen LogP) is 1.03. The second-order valence-corrected chi connectivity index (χ2v) is 4.11. The fourth-order valence-corrected chi connectivity index (χ4v) is 1.47. The summed E-state index contributed by atoms with van der Waals surface area (Å²) in [5, 5.41) is 20.0. The minimum absolute atomic E-state index is 0.692. The van der Waals surface area contributed by atoms with Gasteiger partial charge in [0, 0.05) is 5.56 Å². The highest BCUT2D eigenvalue weighted by Gasteiger charge is 2.61. The number of carbonyl (C=O) groups excluding carboxylic acids is 1. The first kappa shape index (κ1) is 16.0. The lowest BCUT2D eigenvalue weighted by molar-refractivity contribution is -0.257. The van der Waals surface area contributed by atoms with Gasteiger partial charge in [-0.05, 0) is 6.92 Å². The molecule has 3 N–H and O–H groups in total. The van der Waals surface area contributed by atoms with E-state index in [9.17, 15) is 27.9 Å². The number of halogens is 3. The molecule has 5 nitrogen and oxygen atoms in total. The van der Waals surface area contributed by atoms with Crippen LogP contribution in [0.25, 0.3) is 0 Å². The van der Waals surface area contributed by atoms with Gasteiger partial charge < -0.3 is 15.5 Å². The lowest BCUT2D eigenvalue weighted by Gasteiger charge is -2.30. The fourth-order valence-electron chi connectivity index (χ4n) is 1.47. The number of alkyl halides is 3. The first-order valence-corrected chi connectivity index (χ1v) is 5.49. The number of carboxylic acid groups (broad SMARTS) is 1. The van der Waals surface area contributed by atoms with Crippen LogP contribution in [-0.4, -0.2) is 34.3 Å². The average Bonchev–Trinajstić information content (AvgIpc) is 2.37. The number of carbonyl (C=O) groups is 2. The van der Waals surface area contributed by atoms with E-state index in [1.165, 1.54) is 18.2 Å². The highest BCUT2D eigenvalue weighted by atomic mass is 19.4. The molecule has 0 heterocycles. The van der Waals surface area contributed by atoms with E-state index in [0.717, 1.165) is 19.1 Å². The number of aliphatic carboxylic acids is 1. The van der Waals surface area contributed by atoms with Crippen LogP contribution in [0, 0.1) is 0 Å². The zero-order valence-corrected chi connectivity index (χ0v) is 10.3. The maximum Gasteiger partial charge on any atom is 0.430 e. The third-order valence-electron chi connectivity index (χ3n) is 2.65. The Morgan fingerprint density at radius 3 is 2.10 bits per heavy atom. The Balaban J connectivity index is 3.21. The molecule has 0 aliphatic heterocycles. The van der Waals surface area contributed by atoms with E-state index >= 15 is 0 Å². The molecule has 1 aromatic carbocycles. The van der Waals surface area contributed by atoms with Crippen molar-refractivity contribution >= 4 is 11.9 Å². The monoisotopic (exact) mass is 291 g/mol. The Morgan fingerprint density at radius 1 is 1.20 bits per heavy atom. The number of rotatable bonds is 4. The zero-order chi connectivity index (χ0) is 15.6. The normalized spacial score (nSPS) is 16.1. The van der Waals surface area contributed by atoms with Gasteiger partial charge in [0.15, 0.2) is 0 Å². The first-order valence-electron chi connectivity index (χ1n) is 5.49. The molecule has 0 aromatic heterocycles. The van der Waals surface area contributed by atoms with Crippen LogP contribution < -0.4 is 5.32 Å².